The number of carbonyl (C=O) groups excluding carboxylic acids is 3. The second-order valence-corrected chi connectivity index (χ2v) is 9.14. The van der Waals surface area contributed by atoms with Gasteiger partial charge in [0.2, 0.25) is 17.7 Å². The molecule has 3 aliphatic rings. The Morgan fingerprint density at radius 3 is 2.71 bits per heavy atom. The lowest BCUT2D eigenvalue weighted by atomic mass is 9.85. The van der Waals surface area contributed by atoms with E-state index in [2.05, 4.69) is 15.2 Å². The molecule has 8 nitrogen and oxygen atoms in total. The molecule has 3 amide bonds. The normalized spacial score (nSPS) is 21.5. The topological polar surface area (TPSA) is 91.8 Å². The number of nitrogens with zero attached hydrogens (tertiary/aromatic N) is 3. The number of hydrogen-bond acceptors (Lipinski definition) is 6. The molecule has 1 atom stereocenters. The van der Waals surface area contributed by atoms with Gasteiger partial charge in [-0.1, -0.05) is 6.07 Å². The standard InChI is InChI=1S/C25H27FN4O4/c1-34-24-16(3-2-8-27-24)13-29-9-6-15(7-10-29)18-11-17(26)12-19-20(18)14-30(25(19)33)21-4-5-22(31)28-23(21)32/h2-3,8,11-12,15,21H,4-7,9-10,13-14H2,1H3,(H,28,31,32). The van der Waals surface area contributed by atoms with Crippen molar-refractivity contribution < 1.29 is 23.5 Å². The fourth-order valence-corrected chi connectivity index (χ4v) is 5.39. The van der Waals surface area contributed by atoms with E-state index in [1.54, 1.807) is 19.4 Å². The molecule has 1 aromatic heterocycles. The van der Waals surface area contributed by atoms with Crippen molar-refractivity contribution in [3.05, 3.63) is 58.5 Å². The van der Waals surface area contributed by atoms with E-state index >= 15 is 0 Å². The molecule has 4 heterocycles. The summed E-state index contributed by atoms with van der Waals surface area (Å²) in [4.78, 5) is 45.0. The van der Waals surface area contributed by atoms with Crippen LogP contribution in [0.5, 0.6) is 5.88 Å². The molecule has 2 aromatic rings. The molecule has 3 aliphatic heterocycles. The van der Waals surface area contributed by atoms with Gasteiger partial charge in [0.05, 0.1) is 7.11 Å². The van der Waals surface area contributed by atoms with Crippen molar-refractivity contribution in [3.8, 4) is 5.88 Å². The molecule has 5 rings (SSSR count). The molecule has 1 aromatic carbocycles. The van der Waals surface area contributed by atoms with Gasteiger partial charge >= 0.3 is 0 Å². The molecule has 0 radical (unpaired) electrons. The Hall–Kier alpha value is -3.33. The van der Waals surface area contributed by atoms with Crippen LogP contribution >= 0.6 is 0 Å². The number of imide groups is 1. The molecule has 0 bridgehead atoms. The van der Waals surface area contributed by atoms with Crippen LogP contribution < -0.4 is 10.1 Å². The fraction of sp³-hybridized carbons (Fsp3) is 0.440. The summed E-state index contributed by atoms with van der Waals surface area (Å²) in [6.45, 7) is 2.66. The predicted octanol–water partition coefficient (Wildman–Crippen LogP) is 2.37. The average Bonchev–Trinajstić information content (AvgIpc) is 3.15. The van der Waals surface area contributed by atoms with E-state index < -0.39 is 17.8 Å². The van der Waals surface area contributed by atoms with Crippen molar-refractivity contribution in [2.75, 3.05) is 20.2 Å². The van der Waals surface area contributed by atoms with Crippen molar-refractivity contribution in [2.45, 2.75) is 50.7 Å². The number of nitrogens with one attached hydrogen (secondary N) is 1. The van der Waals surface area contributed by atoms with E-state index in [1.165, 1.54) is 11.0 Å². The number of likely N-dealkylation sites (tertiary alicyclic amines) is 1. The Bertz CT molecular complexity index is 1150. The van der Waals surface area contributed by atoms with Gasteiger partial charge in [-0.2, -0.15) is 0 Å². The number of methoxy groups -OCH3 is 1. The van der Waals surface area contributed by atoms with Crippen LogP contribution in [0.1, 0.15) is 58.6 Å². The Morgan fingerprint density at radius 1 is 1.18 bits per heavy atom. The third kappa shape index (κ3) is 4.16. The van der Waals surface area contributed by atoms with E-state index in [9.17, 15) is 18.8 Å². The van der Waals surface area contributed by atoms with Crippen LogP contribution in [0.4, 0.5) is 4.39 Å². The first-order valence-electron chi connectivity index (χ1n) is 11.6. The summed E-state index contributed by atoms with van der Waals surface area (Å²) in [6.07, 6.45) is 3.87. The summed E-state index contributed by atoms with van der Waals surface area (Å²) in [6, 6.07) is 6.02. The van der Waals surface area contributed by atoms with Gasteiger partial charge in [0.25, 0.3) is 5.91 Å². The number of aromatic nitrogens is 1. The summed E-state index contributed by atoms with van der Waals surface area (Å²) < 4.78 is 19.9. The highest BCUT2D eigenvalue weighted by atomic mass is 19.1. The predicted molar refractivity (Wildman–Crippen MR) is 120 cm³/mol. The quantitative estimate of drug-likeness (QED) is 0.681. The van der Waals surface area contributed by atoms with Gasteiger partial charge in [0.1, 0.15) is 11.9 Å². The molecule has 0 spiro atoms. The lowest BCUT2D eigenvalue weighted by Gasteiger charge is -2.33. The second-order valence-electron chi connectivity index (χ2n) is 9.14. The number of amides is 3. The average molecular weight is 467 g/mol. The first-order valence-corrected chi connectivity index (χ1v) is 11.6. The van der Waals surface area contributed by atoms with E-state index in [-0.39, 0.29) is 30.7 Å². The molecular weight excluding hydrogens is 439 g/mol. The highest BCUT2D eigenvalue weighted by Crippen LogP contribution is 2.38. The number of rotatable bonds is 5. The number of fused-ring (bicyclic) bond motifs is 1. The largest absolute Gasteiger partial charge is 0.481 e. The maximum atomic E-state index is 14.6. The minimum atomic E-state index is -0.704. The lowest BCUT2D eigenvalue weighted by molar-refractivity contribution is -0.136. The van der Waals surface area contributed by atoms with E-state index in [1.807, 2.05) is 12.1 Å². The number of pyridine rings is 1. The van der Waals surface area contributed by atoms with Gasteiger partial charge in [-0.05, 0) is 67.6 Å². The summed E-state index contributed by atoms with van der Waals surface area (Å²) in [5.41, 5.74) is 3.03. The van der Waals surface area contributed by atoms with Crippen molar-refractivity contribution in [3.63, 3.8) is 0 Å². The highest BCUT2D eigenvalue weighted by Gasteiger charge is 2.41. The van der Waals surface area contributed by atoms with Gasteiger partial charge in [0.15, 0.2) is 0 Å². The summed E-state index contributed by atoms with van der Waals surface area (Å²) in [5.74, 6) is -0.807. The summed E-state index contributed by atoms with van der Waals surface area (Å²) in [5, 5.41) is 2.31. The number of piperidine rings is 2. The van der Waals surface area contributed by atoms with Crippen LogP contribution in [-0.4, -0.2) is 58.7 Å². The zero-order valence-corrected chi connectivity index (χ0v) is 19.1. The minimum absolute atomic E-state index is 0.131. The number of benzene rings is 1. The maximum absolute atomic E-state index is 14.6. The molecule has 9 heteroatoms. The van der Waals surface area contributed by atoms with Gasteiger partial charge in [-0.15, -0.1) is 0 Å². The molecule has 2 saturated heterocycles. The first kappa shape index (κ1) is 22.5. The van der Waals surface area contributed by atoms with Crippen molar-refractivity contribution in [2.24, 2.45) is 0 Å². The van der Waals surface area contributed by atoms with Crippen LogP contribution in [0.15, 0.2) is 30.5 Å². The van der Waals surface area contributed by atoms with Crippen molar-refractivity contribution in [1.29, 1.82) is 0 Å². The third-order valence-corrected chi connectivity index (χ3v) is 7.12. The summed E-state index contributed by atoms with van der Waals surface area (Å²) in [7, 11) is 1.61. The number of carbonyl (C=O) groups is 3. The Labute approximate surface area is 197 Å². The zero-order chi connectivity index (χ0) is 23.8. The SMILES string of the molecule is COc1ncccc1CN1CCC(c2cc(F)cc3c2CN(C2CCC(=O)NC2=O)C3=O)CC1. The minimum Gasteiger partial charge on any atom is -0.481 e. The van der Waals surface area contributed by atoms with Crippen molar-refractivity contribution >= 4 is 17.7 Å². The Balaban J connectivity index is 1.31. The van der Waals surface area contributed by atoms with Crippen LogP contribution in [-0.2, 0) is 22.7 Å². The first-order chi connectivity index (χ1) is 16.4. The van der Waals surface area contributed by atoms with E-state index in [0.717, 1.165) is 49.2 Å². The molecule has 0 saturated carbocycles. The smallest absolute Gasteiger partial charge is 0.255 e. The van der Waals surface area contributed by atoms with Crippen LogP contribution in [0, 0.1) is 5.82 Å². The number of ether oxygens (including phenoxy) is 1. The second kappa shape index (κ2) is 9.13. The molecule has 0 aliphatic carbocycles. The molecular formula is C25H27FN4O4. The lowest BCUT2D eigenvalue weighted by Crippen LogP contribution is -2.52. The van der Waals surface area contributed by atoms with Crippen LogP contribution in [0.3, 0.4) is 0 Å². The maximum Gasteiger partial charge on any atom is 0.255 e. The van der Waals surface area contributed by atoms with Gasteiger partial charge in [-0.3, -0.25) is 24.6 Å². The van der Waals surface area contributed by atoms with Crippen LogP contribution in [0.25, 0.3) is 0 Å². The van der Waals surface area contributed by atoms with Gasteiger partial charge < -0.3 is 9.64 Å². The molecule has 2 fully saturated rings. The van der Waals surface area contributed by atoms with Crippen molar-refractivity contribution in [1.82, 2.24) is 20.1 Å². The van der Waals surface area contributed by atoms with Crippen LogP contribution in [0.2, 0.25) is 0 Å². The summed E-state index contributed by atoms with van der Waals surface area (Å²) >= 11 is 0. The van der Waals surface area contributed by atoms with Gasteiger partial charge in [-0.25, -0.2) is 9.37 Å². The molecule has 1 unspecified atom stereocenters. The highest BCUT2D eigenvalue weighted by molar-refractivity contribution is 6.05. The fourth-order valence-electron chi connectivity index (χ4n) is 5.39. The Kier molecular flexibility index (Phi) is 6.03. The van der Waals surface area contributed by atoms with E-state index in [0.29, 0.717) is 17.9 Å². The number of hydrogen-bond donors (Lipinski definition) is 1. The Morgan fingerprint density at radius 2 is 1.97 bits per heavy atom. The molecule has 1 N–H and O–H groups in total. The third-order valence-electron chi connectivity index (χ3n) is 7.12. The van der Waals surface area contributed by atoms with Gasteiger partial charge in [0, 0.05) is 36.8 Å². The molecule has 34 heavy (non-hydrogen) atoms. The zero-order valence-electron chi connectivity index (χ0n) is 19.1. The monoisotopic (exact) mass is 466 g/mol. The van der Waals surface area contributed by atoms with E-state index in [4.69, 9.17) is 4.74 Å². The molecule has 178 valence electrons. The number of halogens is 1.